The van der Waals surface area contributed by atoms with E-state index in [9.17, 15) is 9.18 Å². The van der Waals surface area contributed by atoms with Crippen molar-refractivity contribution in [3.05, 3.63) is 35.0 Å². The van der Waals surface area contributed by atoms with E-state index in [1.165, 1.54) is 23.5 Å². The third-order valence-corrected chi connectivity index (χ3v) is 5.21. The number of aryl methyl sites for hydroxylation is 1. The van der Waals surface area contributed by atoms with Gasteiger partial charge in [-0.25, -0.2) is 9.37 Å². The van der Waals surface area contributed by atoms with E-state index in [2.05, 4.69) is 10.3 Å². The van der Waals surface area contributed by atoms with Crippen LogP contribution < -0.4 is 5.32 Å². The molecule has 1 aliphatic heterocycles. The van der Waals surface area contributed by atoms with Gasteiger partial charge in [0.1, 0.15) is 11.9 Å². The summed E-state index contributed by atoms with van der Waals surface area (Å²) >= 11 is 1.39. The molecule has 2 atom stereocenters. The van der Waals surface area contributed by atoms with E-state index in [0.717, 1.165) is 42.0 Å². The number of rotatable bonds is 6. The maximum Gasteiger partial charge on any atom is 0.254 e. The number of carbonyl (C=O) groups is 1. The molecule has 3 rings (SSSR count). The molecule has 0 radical (unpaired) electrons. The van der Waals surface area contributed by atoms with Crippen LogP contribution in [-0.4, -0.2) is 36.3 Å². The van der Waals surface area contributed by atoms with Gasteiger partial charge in [-0.3, -0.25) is 10.1 Å². The number of halogens is 1. The van der Waals surface area contributed by atoms with Crippen molar-refractivity contribution in [2.45, 2.75) is 45.3 Å². The number of nitrogens with zero attached hydrogens (tertiary/aromatic N) is 1. The number of aromatic nitrogens is 1. The maximum absolute atomic E-state index is 13.1. The lowest BCUT2D eigenvalue weighted by atomic mass is 10.1. The van der Waals surface area contributed by atoms with Crippen LogP contribution in [0.15, 0.2) is 24.3 Å². The lowest BCUT2D eigenvalue weighted by Gasteiger charge is -2.23. The van der Waals surface area contributed by atoms with E-state index in [1.807, 2.05) is 6.92 Å². The summed E-state index contributed by atoms with van der Waals surface area (Å²) in [5, 5.41) is 3.31. The van der Waals surface area contributed by atoms with Gasteiger partial charge in [-0.05, 0) is 57.4 Å². The molecule has 2 aromatic rings. The summed E-state index contributed by atoms with van der Waals surface area (Å²) in [5.41, 5.74) is 1.56. The Labute approximate surface area is 156 Å². The molecule has 5 nitrogen and oxygen atoms in total. The number of hydrogen-bond donors (Lipinski definition) is 1. The fourth-order valence-electron chi connectivity index (χ4n) is 2.80. The highest BCUT2D eigenvalue weighted by Crippen LogP contribution is 2.30. The Hall–Kier alpha value is -1.83. The van der Waals surface area contributed by atoms with Crippen molar-refractivity contribution < 1.29 is 18.7 Å². The van der Waals surface area contributed by atoms with Gasteiger partial charge in [-0.15, -0.1) is 11.3 Å². The van der Waals surface area contributed by atoms with E-state index >= 15 is 0 Å². The van der Waals surface area contributed by atoms with Gasteiger partial charge in [0, 0.05) is 17.0 Å². The Morgan fingerprint density at radius 3 is 2.88 bits per heavy atom. The lowest BCUT2D eigenvalue weighted by Crippen LogP contribution is -2.32. The first-order valence-electron chi connectivity index (χ1n) is 8.80. The van der Waals surface area contributed by atoms with Gasteiger partial charge < -0.3 is 9.47 Å². The van der Waals surface area contributed by atoms with Gasteiger partial charge in [-0.1, -0.05) is 0 Å². The maximum atomic E-state index is 13.1. The number of nitrogens with one attached hydrogen (secondary N) is 1. The fraction of sp³-hybridized carbons (Fsp3) is 0.474. The summed E-state index contributed by atoms with van der Waals surface area (Å²) in [5.74, 6) is -0.525. The minimum absolute atomic E-state index is 0.0752. The van der Waals surface area contributed by atoms with Gasteiger partial charge in [0.25, 0.3) is 5.91 Å². The van der Waals surface area contributed by atoms with Crippen molar-refractivity contribution in [2.24, 2.45) is 0 Å². The van der Waals surface area contributed by atoms with Crippen molar-refractivity contribution in [3.63, 3.8) is 0 Å². The number of benzene rings is 1. The van der Waals surface area contributed by atoms with Crippen LogP contribution in [0.1, 0.15) is 31.1 Å². The number of carbonyl (C=O) groups excluding carboxylic acids is 1. The van der Waals surface area contributed by atoms with Crippen LogP contribution >= 0.6 is 11.3 Å². The van der Waals surface area contributed by atoms with Crippen LogP contribution in [0, 0.1) is 12.7 Å². The Kier molecular flexibility index (Phi) is 6.34. The first kappa shape index (κ1) is 18.9. The van der Waals surface area contributed by atoms with Crippen molar-refractivity contribution >= 4 is 22.4 Å². The van der Waals surface area contributed by atoms with Crippen LogP contribution in [0.25, 0.3) is 11.3 Å². The quantitative estimate of drug-likeness (QED) is 0.820. The summed E-state index contributed by atoms with van der Waals surface area (Å²) in [6.45, 7) is 4.83. The molecule has 140 valence electrons. The Morgan fingerprint density at radius 2 is 2.19 bits per heavy atom. The Bertz CT molecular complexity index is 742. The fourth-order valence-corrected chi connectivity index (χ4v) is 3.64. The smallest absolute Gasteiger partial charge is 0.254 e. The third kappa shape index (κ3) is 4.87. The van der Waals surface area contributed by atoms with Crippen LogP contribution in [0.2, 0.25) is 0 Å². The predicted octanol–water partition coefficient (Wildman–Crippen LogP) is 4.17. The summed E-state index contributed by atoms with van der Waals surface area (Å²) in [4.78, 5) is 17.7. The average Bonchev–Trinajstić information content (AvgIpc) is 3.01. The van der Waals surface area contributed by atoms with E-state index < -0.39 is 6.10 Å². The minimum atomic E-state index is -0.584. The molecule has 1 aromatic carbocycles. The normalized spacial score (nSPS) is 18.5. The number of amides is 1. The third-order valence-electron chi connectivity index (χ3n) is 4.32. The zero-order chi connectivity index (χ0) is 18.5. The molecule has 26 heavy (non-hydrogen) atoms. The van der Waals surface area contributed by atoms with Crippen LogP contribution in [0.4, 0.5) is 9.52 Å². The van der Waals surface area contributed by atoms with Gasteiger partial charge in [0.15, 0.2) is 5.13 Å². The molecule has 1 fully saturated rings. The van der Waals surface area contributed by atoms with Crippen molar-refractivity contribution in [1.29, 1.82) is 0 Å². The second-order valence-corrected chi connectivity index (χ2v) is 7.59. The van der Waals surface area contributed by atoms with E-state index in [-0.39, 0.29) is 17.8 Å². The lowest BCUT2D eigenvalue weighted by molar-refractivity contribution is -0.130. The first-order valence-corrected chi connectivity index (χ1v) is 9.62. The van der Waals surface area contributed by atoms with Crippen molar-refractivity contribution in [3.8, 4) is 11.3 Å². The number of anilines is 1. The van der Waals surface area contributed by atoms with Crippen LogP contribution in [-0.2, 0) is 14.3 Å². The van der Waals surface area contributed by atoms with Gasteiger partial charge in [0.2, 0.25) is 0 Å². The summed E-state index contributed by atoms with van der Waals surface area (Å²) < 4.78 is 24.3. The Morgan fingerprint density at radius 1 is 1.42 bits per heavy atom. The topological polar surface area (TPSA) is 60.5 Å². The minimum Gasteiger partial charge on any atom is -0.376 e. The molecule has 7 heteroatoms. The molecular weight excluding hydrogens is 355 g/mol. The molecular formula is C19H23FN2O3S. The molecule has 0 unspecified atom stereocenters. The highest BCUT2D eigenvalue weighted by atomic mass is 32.1. The largest absolute Gasteiger partial charge is 0.376 e. The zero-order valence-electron chi connectivity index (χ0n) is 15.0. The number of ether oxygens (including phenoxy) is 2. The molecule has 1 N–H and O–H groups in total. The van der Waals surface area contributed by atoms with E-state index in [0.29, 0.717) is 11.7 Å². The molecule has 0 aliphatic carbocycles. The standard InChI is InChI=1S/C19H23FN2O3S/c1-12(25-11-16-5-3-4-10-24-16)18(23)22-19-21-17(13(2)26-19)14-6-8-15(20)9-7-14/h6-9,12,16H,3-5,10-11H2,1-2H3,(H,21,22,23)/t12-,16-/m1/s1. The molecule has 0 bridgehead atoms. The molecule has 1 aliphatic rings. The summed E-state index contributed by atoms with van der Waals surface area (Å²) in [6, 6.07) is 6.16. The summed E-state index contributed by atoms with van der Waals surface area (Å²) in [6.07, 6.45) is 2.69. The predicted molar refractivity (Wildman–Crippen MR) is 99.9 cm³/mol. The molecule has 2 heterocycles. The molecule has 0 spiro atoms. The SMILES string of the molecule is Cc1sc(NC(=O)[C@@H](C)OC[C@H]2CCCCO2)nc1-c1ccc(F)cc1. The second kappa shape index (κ2) is 8.70. The second-order valence-electron chi connectivity index (χ2n) is 6.38. The number of thiazole rings is 1. The van der Waals surface area contributed by atoms with Crippen molar-refractivity contribution in [1.82, 2.24) is 4.98 Å². The van der Waals surface area contributed by atoms with Crippen LogP contribution in [0.5, 0.6) is 0 Å². The highest BCUT2D eigenvalue weighted by Gasteiger charge is 2.20. The number of hydrogen-bond acceptors (Lipinski definition) is 5. The molecule has 1 saturated heterocycles. The van der Waals surface area contributed by atoms with Gasteiger partial charge in [-0.2, -0.15) is 0 Å². The molecule has 0 saturated carbocycles. The van der Waals surface area contributed by atoms with Crippen LogP contribution in [0.3, 0.4) is 0 Å². The van der Waals surface area contributed by atoms with E-state index in [1.54, 1.807) is 19.1 Å². The summed E-state index contributed by atoms with van der Waals surface area (Å²) in [7, 11) is 0. The molecule has 1 amide bonds. The monoisotopic (exact) mass is 378 g/mol. The van der Waals surface area contributed by atoms with Crippen molar-refractivity contribution in [2.75, 3.05) is 18.5 Å². The first-order chi connectivity index (χ1) is 12.5. The highest BCUT2D eigenvalue weighted by molar-refractivity contribution is 7.16. The van der Waals surface area contributed by atoms with Gasteiger partial charge in [0.05, 0.1) is 18.4 Å². The average molecular weight is 378 g/mol. The van der Waals surface area contributed by atoms with Gasteiger partial charge >= 0.3 is 0 Å². The zero-order valence-corrected chi connectivity index (χ0v) is 15.8. The Balaban J connectivity index is 1.57. The molecule has 1 aromatic heterocycles. The van der Waals surface area contributed by atoms with E-state index in [4.69, 9.17) is 9.47 Å².